The van der Waals surface area contributed by atoms with Crippen molar-refractivity contribution in [1.82, 2.24) is 0 Å². The number of hydrogen-bond donors (Lipinski definition) is 0. The van der Waals surface area contributed by atoms with E-state index in [1.165, 1.54) is 0 Å². The minimum Gasteiger partial charge on any atom is -0.465 e. The first-order chi connectivity index (χ1) is 5.20. The van der Waals surface area contributed by atoms with Crippen LogP contribution in [0.1, 0.15) is 19.3 Å². The van der Waals surface area contributed by atoms with Gasteiger partial charge in [-0.2, -0.15) is 0 Å². The van der Waals surface area contributed by atoms with Crippen molar-refractivity contribution in [3.63, 3.8) is 0 Å². The van der Waals surface area contributed by atoms with Gasteiger partial charge in [0, 0.05) is 5.38 Å². The van der Waals surface area contributed by atoms with Crippen LogP contribution >= 0.6 is 23.2 Å². The number of carbonyl (C=O) groups is 1. The molecule has 1 heterocycles. The maximum atomic E-state index is 10.9. The molecular weight excluding hydrogens is 187 g/mol. The topological polar surface area (TPSA) is 26.3 Å². The van der Waals surface area contributed by atoms with E-state index in [1.54, 1.807) is 0 Å². The minimum absolute atomic E-state index is 0.0188. The Balaban J connectivity index is 2.45. The normalized spacial score (nSPS) is 33.8. The quantitative estimate of drug-likeness (QED) is 0.438. The molecule has 0 saturated carbocycles. The third-order valence-electron chi connectivity index (χ3n) is 1.62. The number of rotatable bonds is 0. The Morgan fingerprint density at radius 3 is 2.91 bits per heavy atom. The zero-order chi connectivity index (χ0) is 8.27. The van der Waals surface area contributed by atoms with Crippen LogP contribution in [0.3, 0.4) is 0 Å². The molecule has 4 heteroatoms. The number of carbonyl (C=O) groups excluding carboxylic acids is 1. The average molecular weight is 197 g/mol. The maximum absolute atomic E-state index is 10.9. The summed E-state index contributed by atoms with van der Waals surface area (Å²) in [6.07, 6.45) is 2.23. The van der Waals surface area contributed by atoms with Crippen LogP contribution in [0.4, 0.5) is 0 Å². The molecule has 0 bridgehead atoms. The van der Waals surface area contributed by atoms with Gasteiger partial charge in [0.15, 0.2) is 0 Å². The number of ether oxygens (including phenoxy) is 1. The summed E-state index contributed by atoms with van der Waals surface area (Å²) in [5, 5.41) is -0.539. The van der Waals surface area contributed by atoms with Gasteiger partial charge in [-0.3, -0.25) is 4.79 Å². The highest BCUT2D eigenvalue weighted by Gasteiger charge is 2.22. The number of alkyl halides is 2. The van der Waals surface area contributed by atoms with Crippen molar-refractivity contribution < 1.29 is 9.53 Å². The SMILES string of the molecule is O=C1OCCC[C@@H](Cl)C[C@H]1Cl. The van der Waals surface area contributed by atoms with E-state index in [9.17, 15) is 4.79 Å². The Kier molecular flexibility index (Phi) is 3.46. The molecule has 0 unspecified atom stereocenters. The third kappa shape index (κ3) is 2.88. The molecule has 2 atom stereocenters. The molecule has 0 aromatic rings. The van der Waals surface area contributed by atoms with E-state index in [0.717, 1.165) is 12.8 Å². The van der Waals surface area contributed by atoms with Gasteiger partial charge in [-0.05, 0) is 19.3 Å². The van der Waals surface area contributed by atoms with Crippen molar-refractivity contribution in [2.45, 2.75) is 30.0 Å². The summed E-state index contributed by atoms with van der Waals surface area (Å²) >= 11 is 11.5. The molecule has 1 saturated heterocycles. The molecule has 0 amide bonds. The highest BCUT2D eigenvalue weighted by Crippen LogP contribution is 2.19. The van der Waals surface area contributed by atoms with Crippen LogP contribution in [0.2, 0.25) is 0 Å². The van der Waals surface area contributed by atoms with Gasteiger partial charge in [-0.1, -0.05) is 0 Å². The number of cyclic esters (lactones) is 1. The summed E-state index contributed by atoms with van der Waals surface area (Å²) in [4.78, 5) is 10.9. The van der Waals surface area contributed by atoms with Gasteiger partial charge in [0.25, 0.3) is 0 Å². The molecular formula is C7H10Cl2O2. The predicted octanol–water partition coefficient (Wildman–Crippen LogP) is 1.93. The maximum Gasteiger partial charge on any atom is 0.324 e. The Labute approximate surface area is 75.8 Å². The number of halogens is 2. The summed E-state index contributed by atoms with van der Waals surface area (Å²) in [5.74, 6) is -0.336. The lowest BCUT2D eigenvalue weighted by Gasteiger charge is -2.17. The van der Waals surface area contributed by atoms with Crippen molar-refractivity contribution in [2.75, 3.05) is 6.61 Å². The third-order valence-corrected chi connectivity index (χ3v) is 2.38. The van der Waals surface area contributed by atoms with E-state index in [2.05, 4.69) is 0 Å². The molecule has 1 aliphatic rings. The van der Waals surface area contributed by atoms with E-state index >= 15 is 0 Å². The highest BCUT2D eigenvalue weighted by molar-refractivity contribution is 6.30. The fourth-order valence-electron chi connectivity index (χ4n) is 1.01. The molecule has 1 aliphatic heterocycles. The zero-order valence-electron chi connectivity index (χ0n) is 6.06. The molecule has 0 radical (unpaired) electrons. The smallest absolute Gasteiger partial charge is 0.324 e. The number of esters is 1. The van der Waals surface area contributed by atoms with Gasteiger partial charge in [0.1, 0.15) is 5.38 Å². The molecule has 64 valence electrons. The van der Waals surface area contributed by atoms with Crippen LogP contribution in [0, 0.1) is 0 Å². The van der Waals surface area contributed by atoms with Crippen LogP contribution in [0.15, 0.2) is 0 Å². The van der Waals surface area contributed by atoms with E-state index in [4.69, 9.17) is 27.9 Å². The second-order valence-corrected chi connectivity index (χ2v) is 3.75. The van der Waals surface area contributed by atoms with Gasteiger partial charge < -0.3 is 4.74 Å². The summed E-state index contributed by atoms with van der Waals surface area (Å²) in [5.41, 5.74) is 0. The number of hydrogen-bond acceptors (Lipinski definition) is 2. The minimum atomic E-state index is -0.558. The van der Waals surface area contributed by atoms with Crippen molar-refractivity contribution in [1.29, 1.82) is 0 Å². The zero-order valence-corrected chi connectivity index (χ0v) is 7.57. The standard InChI is InChI=1S/C7H10Cl2O2/c8-5-2-1-3-11-7(10)6(9)4-5/h5-6H,1-4H2/t5-,6-/m1/s1. The van der Waals surface area contributed by atoms with Crippen molar-refractivity contribution >= 4 is 29.2 Å². The molecule has 1 fully saturated rings. The predicted molar refractivity (Wildman–Crippen MR) is 44.1 cm³/mol. The molecule has 11 heavy (non-hydrogen) atoms. The summed E-state index contributed by atoms with van der Waals surface area (Å²) in [6.45, 7) is 0.450. The molecule has 0 aromatic carbocycles. The van der Waals surface area contributed by atoms with Crippen LogP contribution < -0.4 is 0 Å². The monoisotopic (exact) mass is 196 g/mol. The molecule has 0 N–H and O–H groups in total. The summed E-state index contributed by atoms with van der Waals surface area (Å²) in [7, 11) is 0. The van der Waals surface area contributed by atoms with E-state index in [1.807, 2.05) is 0 Å². The molecule has 2 nitrogen and oxygen atoms in total. The Hall–Kier alpha value is 0.0500. The fraction of sp³-hybridized carbons (Fsp3) is 0.857. The lowest BCUT2D eigenvalue weighted by molar-refractivity contribution is -0.144. The Morgan fingerprint density at radius 1 is 1.45 bits per heavy atom. The largest absolute Gasteiger partial charge is 0.465 e. The van der Waals surface area contributed by atoms with E-state index in [-0.39, 0.29) is 11.3 Å². The van der Waals surface area contributed by atoms with Crippen LogP contribution in [-0.2, 0) is 9.53 Å². The second kappa shape index (κ2) is 4.17. The fourth-order valence-corrected chi connectivity index (χ4v) is 1.71. The van der Waals surface area contributed by atoms with Crippen molar-refractivity contribution in [2.24, 2.45) is 0 Å². The van der Waals surface area contributed by atoms with Gasteiger partial charge in [-0.25, -0.2) is 0 Å². The van der Waals surface area contributed by atoms with Crippen LogP contribution in [0.25, 0.3) is 0 Å². The van der Waals surface area contributed by atoms with Crippen molar-refractivity contribution in [3.8, 4) is 0 Å². The lowest BCUT2D eigenvalue weighted by Crippen LogP contribution is -2.24. The molecule has 0 aliphatic carbocycles. The van der Waals surface area contributed by atoms with Crippen molar-refractivity contribution in [3.05, 3.63) is 0 Å². The Bertz CT molecular complexity index is 149. The first kappa shape index (κ1) is 9.14. The van der Waals surface area contributed by atoms with Gasteiger partial charge in [0.2, 0.25) is 0 Å². The Morgan fingerprint density at radius 2 is 2.18 bits per heavy atom. The average Bonchev–Trinajstić information content (AvgIpc) is 1.95. The first-order valence-electron chi connectivity index (χ1n) is 3.65. The second-order valence-electron chi connectivity index (χ2n) is 2.61. The molecule has 1 rings (SSSR count). The van der Waals surface area contributed by atoms with Crippen LogP contribution in [-0.4, -0.2) is 23.3 Å². The summed E-state index contributed by atoms with van der Waals surface area (Å²) in [6, 6.07) is 0. The van der Waals surface area contributed by atoms with Gasteiger partial charge in [0.05, 0.1) is 6.61 Å². The highest BCUT2D eigenvalue weighted by atomic mass is 35.5. The van der Waals surface area contributed by atoms with Gasteiger partial charge >= 0.3 is 5.97 Å². The van der Waals surface area contributed by atoms with Gasteiger partial charge in [-0.15, -0.1) is 23.2 Å². The van der Waals surface area contributed by atoms with E-state index < -0.39 is 5.38 Å². The van der Waals surface area contributed by atoms with E-state index in [0.29, 0.717) is 13.0 Å². The molecule has 0 aromatic heterocycles. The first-order valence-corrected chi connectivity index (χ1v) is 4.52. The van der Waals surface area contributed by atoms with Crippen LogP contribution in [0.5, 0.6) is 0 Å². The summed E-state index contributed by atoms with van der Waals surface area (Å²) < 4.78 is 4.81. The molecule has 0 spiro atoms. The lowest BCUT2D eigenvalue weighted by atomic mass is 10.1.